The zero-order valence-electron chi connectivity index (χ0n) is 5.27. The summed E-state index contributed by atoms with van der Waals surface area (Å²) in [5, 5.41) is 0. The zero-order chi connectivity index (χ0) is 6.85. The number of hydrogen-bond acceptors (Lipinski definition) is 1. The van der Waals surface area contributed by atoms with Crippen molar-refractivity contribution in [2.24, 2.45) is 0 Å². The molecule has 0 aliphatic carbocycles. The first kappa shape index (κ1) is 7.80. The van der Waals surface area contributed by atoms with Crippen LogP contribution in [0.5, 0.6) is 0 Å². The van der Waals surface area contributed by atoms with Crippen LogP contribution in [0, 0.1) is 6.92 Å². The van der Waals surface area contributed by atoms with Crippen LogP contribution in [0.3, 0.4) is 0 Å². The van der Waals surface area contributed by atoms with Crippen LogP contribution in [-0.2, 0) is 0 Å². The van der Waals surface area contributed by atoms with Gasteiger partial charge in [-0.25, -0.2) is 0 Å². The quantitative estimate of drug-likeness (QED) is 0.686. The molecule has 0 spiro atoms. The van der Waals surface area contributed by atoms with E-state index in [1.165, 1.54) is 13.1 Å². The van der Waals surface area contributed by atoms with Gasteiger partial charge in [-0.2, -0.15) is 0 Å². The Kier molecular flexibility index (Phi) is 2.77. The third-order valence-corrected chi connectivity index (χ3v) is 5.45. The van der Waals surface area contributed by atoms with Crippen molar-refractivity contribution < 1.29 is 0 Å². The van der Waals surface area contributed by atoms with Crippen molar-refractivity contribution in [1.29, 1.82) is 0 Å². The Bertz CT molecular complexity index is 187. The third-order valence-electron chi connectivity index (χ3n) is 1.04. The first-order valence-corrected chi connectivity index (χ1v) is 6.72. The van der Waals surface area contributed by atoms with Crippen molar-refractivity contribution in [2.45, 2.75) is 12.7 Å². The Hall–Kier alpha value is 0.699. The predicted octanol–water partition coefficient (Wildman–Crippen LogP) is 2.20. The standard InChI is InChI=1S/C6H7BrSSe/c1-4-5(7)3-6(8-4)9-2/h3H,1-2H3. The molecule has 0 saturated heterocycles. The van der Waals surface area contributed by atoms with Crippen LogP contribution < -0.4 is 3.78 Å². The van der Waals surface area contributed by atoms with E-state index in [1.807, 2.05) is 11.3 Å². The van der Waals surface area contributed by atoms with Gasteiger partial charge in [0, 0.05) is 0 Å². The van der Waals surface area contributed by atoms with Crippen molar-refractivity contribution in [3.8, 4) is 0 Å². The van der Waals surface area contributed by atoms with Crippen LogP contribution in [0.4, 0.5) is 0 Å². The molecule has 0 atom stereocenters. The summed E-state index contributed by atoms with van der Waals surface area (Å²) < 4.78 is 2.79. The molecule has 0 N–H and O–H groups in total. The number of thiophene rings is 1. The van der Waals surface area contributed by atoms with Gasteiger partial charge in [0.25, 0.3) is 0 Å². The fraction of sp³-hybridized carbons (Fsp3) is 0.333. The Balaban J connectivity index is 2.98. The van der Waals surface area contributed by atoms with Gasteiger partial charge >= 0.3 is 74.2 Å². The topological polar surface area (TPSA) is 0 Å². The summed E-state index contributed by atoms with van der Waals surface area (Å²) in [5.74, 6) is 2.24. The molecule has 0 saturated carbocycles. The zero-order valence-corrected chi connectivity index (χ0v) is 9.39. The fourth-order valence-electron chi connectivity index (χ4n) is 0.535. The second kappa shape index (κ2) is 3.20. The van der Waals surface area contributed by atoms with Crippen molar-refractivity contribution in [2.75, 3.05) is 0 Å². The van der Waals surface area contributed by atoms with E-state index >= 15 is 0 Å². The molecule has 1 heterocycles. The van der Waals surface area contributed by atoms with Crippen LogP contribution in [0.1, 0.15) is 4.88 Å². The van der Waals surface area contributed by atoms with Gasteiger partial charge in [-0.05, 0) is 0 Å². The van der Waals surface area contributed by atoms with E-state index in [0.717, 1.165) is 0 Å². The Labute approximate surface area is 73.9 Å². The van der Waals surface area contributed by atoms with Crippen LogP contribution >= 0.6 is 27.3 Å². The number of rotatable bonds is 1. The summed E-state index contributed by atoms with van der Waals surface area (Å²) >= 11 is 6.04. The monoisotopic (exact) mass is 270 g/mol. The molecule has 0 radical (unpaired) electrons. The van der Waals surface area contributed by atoms with E-state index in [-0.39, 0.29) is 0 Å². The summed E-state index contributed by atoms with van der Waals surface area (Å²) in [4.78, 5) is 1.40. The predicted molar refractivity (Wildman–Crippen MR) is 48.0 cm³/mol. The summed E-state index contributed by atoms with van der Waals surface area (Å²) in [6.07, 6.45) is 0. The second-order valence-electron chi connectivity index (χ2n) is 1.67. The average molecular weight is 270 g/mol. The molecule has 50 valence electrons. The molecular formula is C6H7BrSSe. The van der Waals surface area contributed by atoms with Crippen LogP contribution in [0.15, 0.2) is 10.5 Å². The molecule has 9 heavy (non-hydrogen) atoms. The number of hydrogen-bond donors (Lipinski definition) is 0. The summed E-state index contributed by atoms with van der Waals surface area (Å²) in [6, 6.07) is 2.22. The van der Waals surface area contributed by atoms with Crippen LogP contribution in [0.25, 0.3) is 0 Å². The fourth-order valence-corrected chi connectivity index (χ4v) is 4.02. The van der Waals surface area contributed by atoms with E-state index < -0.39 is 0 Å². The molecule has 1 aromatic heterocycles. The molecule has 0 aliphatic heterocycles. The van der Waals surface area contributed by atoms with Gasteiger partial charge in [-0.1, -0.05) is 0 Å². The van der Waals surface area contributed by atoms with Gasteiger partial charge in [-0.3, -0.25) is 0 Å². The Morgan fingerprint density at radius 3 is 2.56 bits per heavy atom. The first-order chi connectivity index (χ1) is 4.24. The van der Waals surface area contributed by atoms with E-state index in [0.29, 0.717) is 15.0 Å². The molecule has 0 unspecified atom stereocenters. The minimum absolute atomic E-state index is 0.668. The van der Waals surface area contributed by atoms with Gasteiger partial charge in [0.1, 0.15) is 0 Å². The molecule has 3 heteroatoms. The van der Waals surface area contributed by atoms with Gasteiger partial charge in [0.05, 0.1) is 0 Å². The molecular weight excluding hydrogens is 263 g/mol. The molecule has 0 amide bonds. The Morgan fingerprint density at radius 1 is 1.67 bits per heavy atom. The van der Waals surface area contributed by atoms with Crippen molar-refractivity contribution >= 4 is 46.0 Å². The van der Waals surface area contributed by atoms with E-state index in [9.17, 15) is 0 Å². The van der Waals surface area contributed by atoms with Crippen LogP contribution in [0.2, 0.25) is 5.82 Å². The summed E-state index contributed by atoms with van der Waals surface area (Å²) in [5.41, 5.74) is 0. The number of halogens is 1. The maximum atomic E-state index is 3.48. The normalized spacial score (nSPS) is 10.1. The SMILES string of the molecule is C[Se]c1cc(Br)c(C)s1. The molecule has 0 bridgehead atoms. The first-order valence-electron chi connectivity index (χ1n) is 2.54. The number of aryl methyl sites for hydroxylation is 1. The minimum atomic E-state index is 0.668. The van der Waals surface area contributed by atoms with E-state index in [1.54, 1.807) is 0 Å². The van der Waals surface area contributed by atoms with Gasteiger partial charge in [-0.15, -0.1) is 0 Å². The molecule has 0 fully saturated rings. The van der Waals surface area contributed by atoms with E-state index in [4.69, 9.17) is 0 Å². The van der Waals surface area contributed by atoms with Gasteiger partial charge < -0.3 is 0 Å². The second-order valence-corrected chi connectivity index (χ2v) is 6.15. The van der Waals surface area contributed by atoms with Gasteiger partial charge in [0.15, 0.2) is 0 Å². The average Bonchev–Trinajstić information content (AvgIpc) is 2.13. The summed E-state index contributed by atoms with van der Waals surface area (Å²) in [6.45, 7) is 2.14. The molecule has 0 nitrogen and oxygen atoms in total. The molecule has 0 aromatic carbocycles. The molecule has 1 rings (SSSR count). The molecule has 0 aliphatic rings. The maximum absolute atomic E-state index is 3.48. The Morgan fingerprint density at radius 2 is 2.33 bits per heavy atom. The van der Waals surface area contributed by atoms with Gasteiger partial charge in [0.2, 0.25) is 0 Å². The van der Waals surface area contributed by atoms with Crippen molar-refractivity contribution in [1.82, 2.24) is 0 Å². The van der Waals surface area contributed by atoms with E-state index in [2.05, 4.69) is 34.7 Å². The third kappa shape index (κ3) is 1.81. The van der Waals surface area contributed by atoms with Crippen molar-refractivity contribution in [3.63, 3.8) is 0 Å². The molecule has 1 aromatic rings. The summed E-state index contributed by atoms with van der Waals surface area (Å²) in [7, 11) is 0. The van der Waals surface area contributed by atoms with Crippen LogP contribution in [-0.4, -0.2) is 15.0 Å². The van der Waals surface area contributed by atoms with Crippen molar-refractivity contribution in [3.05, 3.63) is 15.4 Å².